The van der Waals surface area contributed by atoms with Gasteiger partial charge < -0.3 is 15.6 Å². The van der Waals surface area contributed by atoms with Gasteiger partial charge in [0.05, 0.1) is 12.9 Å². The van der Waals surface area contributed by atoms with Gasteiger partial charge in [-0.3, -0.25) is 4.79 Å². The van der Waals surface area contributed by atoms with Crippen LogP contribution < -0.4 is 10.6 Å². The second-order valence-electron chi connectivity index (χ2n) is 4.42. The van der Waals surface area contributed by atoms with Crippen LogP contribution in [0.3, 0.4) is 0 Å². The van der Waals surface area contributed by atoms with E-state index in [1.54, 1.807) is 6.33 Å². The van der Waals surface area contributed by atoms with E-state index in [0.29, 0.717) is 22.9 Å². The van der Waals surface area contributed by atoms with Gasteiger partial charge in [0.2, 0.25) is 5.91 Å². The summed E-state index contributed by atoms with van der Waals surface area (Å²) >= 11 is 0. The molecule has 1 aliphatic carbocycles. The molecule has 2 aromatic rings. The van der Waals surface area contributed by atoms with Gasteiger partial charge in [0.1, 0.15) is 11.8 Å². The molecule has 2 aromatic heterocycles. The third-order valence-electron chi connectivity index (χ3n) is 2.92. The fraction of sp³-hybridized carbons (Fsp3) is 0.455. The Labute approximate surface area is 103 Å². The maximum atomic E-state index is 11.6. The van der Waals surface area contributed by atoms with Crippen molar-refractivity contribution in [3.8, 4) is 0 Å². The summed E-state index contributed by atoms with van der Waals surface area (Å²) < 4.78 is 0. The van der Waals surface area contributed by atoms with Gasteiger partial charge >= 0.3 is 0 Å². The lowest BCUT2D eigenvalue weighted by molar-refractivity contribution is -0.119. The van der Waals surface area contributed by atoms with Crippen LogP contribution in [0, 0.1) is 5.92 Å². The largest absolute Gasteiger partial charge is 0.359 e. The summed E-state index contributed by atoms with van der Waals surface area (Å²) in [4.78, 5) is 26.6. The molecule has 0 aromatic carbocycles. The maximum Gasteiger partial charge on any atom is 0.239 e. The number of H-pyrrole nitrogens is 1. The van der Waals surface area contributed by atoms with E-state index in [1.807, 2.05) is 0 Å². The molecule has 18 heavy (non-hydrogen) atoms. The molecule has 1 amide bonds. The number of hydrogen-bond acceptors (Lipinski definition) is 5. The Bertz CT molecular complexity index is 561. The Kier molecular flexibility index (Phi) is 2.79. The molecule has 1 saturated carbocycles. The van der Waals surface area contributed by atoms with Gasteiger partial charge in [0, 0.05) is 6.54 Å². The molecule has 2 heterocycles. The SMILES string of the molecule is O=C(CNc1ncnc2nc[nH]c12)NCC1CC1. The summed E-state index contributed by atoms with van der Waals surface area (Å²) in [5, 5.41) is 5.87. The van der Waals surface area contributed by atoms with Crippen molar-refractivity contribution in [3.05, 3.63) is 12.7 Å². The average Bonchev–Trinajstić information content (AvgIpc) is 3.09. The first-order chi connectivity index (χ1) is 8.83. The lowest BCUT2D eigenvalue weighted by atomic mass is 10.4. The summed E-state index contributed by atoms with van der Waals surface area (Å²) in [5.74, 6) is 1.26. The van der Waals surface area contributed by atoms with Gasteiger partial charge in [-0.2, -0.15) is 0 Å². The summed E-state index contributed by atoms with van der Waals surface area (Å²) in [6.07, 6.45) is 5.44. The van der Waals surface area contributed by atoms with Crippen molar-refractivity contribution in [1.82, 2.24) is 25.3 Å². The lowest BCUT2D eigenvalue weighted by Gasteiger charge is -2.06. The molecule has 1 aliphatic rings. The molecule has 94 valence electrons. The number of nitrogens with zero attached hydrogens (tertiary/aromatic N) is 3. The van der Waals surface area contributed by atoms with Crippen molar-refractivity contribution in [2.24, 2.45) is 5.92 Å². The highest BCUT2D eigenvalue weighted by atomic mass is 16.1. The lowest BCUT2D eigenvalue weighted by Crippen LogP contribution is -2.31. The third-order valence-corrected chi connectivity index (χ3v) is 2.92. The van der Waals surface area contributed by atoms with E-state index in [0.717, 1.165) is 6.54 Å². The third kappa shape index (κ3) is 2.39. The van der Waals surface area contributed by atoms with Crippen LogP contribution >= 0.6 is 0 Å². The Hall–Kier alpha value is -2.18. The van der Waals surface area contributed by atoms with E-state index in [-0.39, 0.29) is 12.5 Å². The van der Waals surface area contributed by atoms with Crippen LogP contribution in [0.15, 0.2) is 12.7 Å². The molecule has 0 spiro atoms. The summed E-state index contributed by atoms with van der Waals surface area (Å²) in [5.41, 5.74) is 1.30. The number of fused-ring (bicyclic) bond motifs is 1. The molecular weight excluding hydrogens is 232 g/mol. The smallest absolute Gasteiger partial charge is 0.239 e. The zero-order chi connectivity index (χ0) is 12.4. The van der Waals surface area contributed by atoms with E-state index in [9.17, 15) is 4.79 Å². The summed E-state index contributed by atoms with van der Waals surface area (Å²) in [6.45, 7) is 0.988. The highest BCUT2D eigenvalue weighted by molar-refractivity contribution is 5.86. The predicted octanol–water partition coefficient (Wildman–Crippen LogP) is 0.291. The fourth-order valence-corrected chi connectivity index (χ4v) is 1.71. The highest BCUT2D eigenvalue weighted by Crippen LogP contribution is 2.27. The molecule has 1 fully saturated rings. The quantitative estimate of drug-likeness (QED) is 0.704. The topological polar surface area (TPSA) is 95.6 Å². The molecule has 3 N–H and O–H groups in total. The molecule has 7 heteroatoms. The summed E-state index contributed by atoms with van der Waals surface area (Å²) in [7, 11) is 0. The molecule has 7 nitrogen and oxygen atoms in total. The Morgan fingerprint density at radius 3 is 3.11 bits per heavy atom. The number of anilines is 1. The molecule has 0 aliphatic heterocycles. The molecule has 0 saturated heterocycles. The van der Waals surface area contributed by atoms with Crippen molar-refractivity contribution in [2.75, 3.05) is 18.4 Å². The van der Waals surface area contributed by atoms with Crippen LogP contribution in [-0.2, 0) is 4.79 Å². The van der Waals surface area contributed by atoms with Crippen LogP contribution in [0.1, 0.15) is 12.8 Å². The molecule has 0 unspecified atom stereocenters. The number of aromatic nitrogens is 4. The summed E-state index contributed by atoms with van der Waals surface area (Å²) in [6, 6.07) is 0. The first-order valence-electron chi connectivity index (χ1n) is 5.97. The van der Waals surface area contributed by atoms with Crippen molar-refractivity contribution >= 4 is 22.9 Å². The minimum Gasteiger partial charge on any atom is -0.359 e. The van der Waals surface area contributed by atoms with E-state index in [4.69, 9.17) is 0 Å². The minimum atomic E-state index is -0.0202. The Balaban J connectivity index is 1.58. The van der Waals surface area contributed by atoms with Gasteiger partial charge in [-0.05, 0) is 18.8 Å². The minimum absolute atomic E-state index is 0.0202. The van der Waals surface area contributed by atoms with Crippen molar-refractivity contribution < 1.29 is 4.79 Å². The normalized spacial score (nSPS) is 14.7. The van der Waals surface area contributed by atoms with Crippen LogP contribution in [0.2, 0.25) is 0 Å². The van der Waals surface area contributed by atoms with Crippen LogP contribution in [0.25, 0.3) is 11.2 Å². The maximum absolute atomic E-state index is 11.6. The molecule has 3 rings (SSSR count). The number of amides is 1. The predicted molar refractivity (Wildman–Crippen MR) is 65.9 cm³/mol. The van der Waals surface area contributed by atoms with Crippen LogP contribution in [-0.4, -0.2) is 38.9 Å². The number of hydrogen-bond donors (Lipinski definition) is 3. The highest BCUT2D eigenvalue weighted by Gasteiger charge is 2.21. The van der Waals surface area contributed by atoms with Gasteiger partial charge in [-0.15, -0.1) is 0 Å². The Morgan fingerprint density at radius 1 is 1.39 bits per heavy atom. The number of imidazole rings is 1. The molecule has 0 radical (unpaired) electrons. The molecule has 0 bridgehead atoms. The monoisotopic (exact) mass is 246 g/mol. The Morgan fingerprint density at radius 2 is 2.28 bits per heavy atom. The molecular formula is C11H14N6O. The average molecular weight is 246 g/mol. The number of carbonyl (C=O) groups excluding carboxylic acids is 1. The van der Waals surface area contributed by atoms with E-state index >= 15 is 0 Å². The van der Waals surface area contributed by atoms with Gasteiger partial charge in [-0.1, -0.05) is 0 Å². The number of aromatic amines is 1. The first-order valence-corrected chi connectivity index (χ1v) is 5.97. The van der Waals surface area contributed by atoms with E-state index in [1.165, 1.54) is 19.2 Å². The zero-order valence-corrected chi connectivity index (χ0v) is 9.81. The van der Waals surface area contributed by atoms with Gasteiger partial charge in [0.25, 0.3) is 0 Å². The van der Waals surface area contributed by atoms with E-state index in [2.05, 4.69) is 30.6 Å². The number of nitrogens with one attached hydrogen (secondary N) is 3. The van der Waals surface area contributed by atoms with Gasteiger partial charge in [-0.25, -0.2) is 15.0 Å². The van der Waals surface area contributed by atoms with Crippen molar-refractivity contribution in [2.45, 2.75) is 12.8 Å². The first kappa shape index (κ1) is 10.9. The zero-order valence-electron chi connectivity index (χ0n) is 9.81. The van der Waals surface area contributed by atoms with Crippen LogP contribution in [0.5, 0.6) is 0 Å². The number of carbonyl (C=O) groups is 1. The standard InChI is InChI=1S/C11H14N6O/c18-8(12-3-7-1-2-7)4-13-10-9-11(15-5-14-9)17-6-16-10/h5-7H,1-4H2,(H,12,18)(H2,13,14,15,16,17). The fourth-order valence-electron chi connectivity index (χ4n) is 1.71. The van der Waals surface area contributed by atoms with E-state index < -0.39 is 0 Å². The van der Waals surface area contributed by atoms with Crippen molar-refractivity contribution in [3.63, 3.8) is 0 Å². The second kappa shape index (κ2) is 4.59. The second-order valence-corrected chi connectivity index (χ2v) is 4.42. The number of rotatable bonds is 5. The van der Waals surface area contributed by atoms with Gasteiger partial charge in [0.15, 0.2) is 11.5 Å². The van der Waals surface area contributed by atoms with Crippen molar-refractivity contribution in [1.29, 1.82) is 0 Å². The van der Waals surface area contributed by atoms with Crippen LogP contribution in [0.4, 0.5) is 5.82 Å². The molecule has 0 atom stereocenters.